The Morgan fingerprint density at radius 2 is 1.71 bits per heavy atom. The number of benzene rings is 2. The van der Waals surface area contributed by atoms with E-state index < -0.39 is 11.6 Å². The molecule has 17 heavy (non-hydrogen) atoms. The minimum absolute atomic E-state index is 0.0180. The van der Waals surface area contributed by atoms with Crippen molar-refractivity contribution in [2.24, 2.45) is 0 Å². The van der Waals surface area contributed by atoms with Gasteiger partial charge in [-0.3, -0.25) is 0 Å². The summed E-state index contributed by atoms with van der Waals surface area (Å²) >= 11 is 2.18. The molecule has 0 N–H and O–H groups in total. The Labute approximate surface area is 112 Å². The van der Waals surface area contributed by atoms with Crippen molar-refractivity contribution < 1.29 is 13.5 Å². The van der Waals surface area contributed by atoms with Crippen LogP contribution in [0.1, 0.15) is 5.56 Å². The first-order valence-electron chi connectivity index (χ1n) is 4.98. The standard InChI is InChI=1S/C13H9F2IO/c14-12-3-1-2-9(13(12)15)8-17-11-6-4-10(16)5-7-11/h1-7H,8H2. The van der Waals surface area contributed by atoms with E-state index in [2.05, 4.69) is 22.6 Å². The van der Waals surface area contributed by atoms with E-state index in [-0.39, 0.29) is 12.2 Å². The van der Waals surface area contributed by atoms with Gasteiger partial charge in [0.2, 0.25) is 0 Å². The molecule has 0 bridgehead atoms. The summed E-state index contributed by atoms with van der Waals surface area (Å²) < 4.78 is 32.7. The summed E-state index contributed by atoms with van der Waals surface area (Å²) in [7, 11) is 0. The van der Waals surface area contributed by atoms with E-state index in [0.29, 0.717) is 5.75 Å². The normalized spacial score (nSPS) is 10.3. The SMILES string of the molecule is Fc1cccc(COc2ccc(I)cc2)c1F. The molecule has 0 unspecified atom stereocenters. The number of hydrogen-bond acceptors (Lipinski definition) is 1. The van der Waals surface area contributed by atoms with Crippen molar-refractivity contribution in [3.8, 4) is 5.75 Å². The summed E-state index contributed by atoms with van der Waals surface area (Å²) in [5.41, 5.74) is 0.212. The number of ether oxygens (including phenoxy) is 1. The van der Waals surface area contributed by atoms with Crippen LogP contribution in [0.15, 0.2) is 42.5 Å². The molecule has 2 aromatic rings. The summed E-state index contributed by atoms with van der Waals surface area (Å²) in [6, 6.07) is 11.4. The van der Waals surface area contributed by atoms with Gasteiger partial charge in [0.05, 0.1) is 0 Å². The minimum Gasteiger partial charge on any atom is -0.489 e. The predicted octanol–water partition coefficient (Wildman–Crippen LogP) is 4.15. The molecule has 88 valence electrons. The van der Waals surface area contributed by atoms with Crippen LogP contribution in [0.25, 0.3) is 0 Å². The van der Waals surface area contributed by atoms with E-state index in [1.54, 1.807) is 12.1 Å². The number of halogens is 3. The van der Waals surface area contributed by atoms with Crippen molar-refractivity contribution in [1.29, 1.82) is 0 Å². The molecule has 0 heterocycles. The fourth-order valence-corrected chi connectivity index (χ4v) is 1.71. The summed E-state index contributed by atoms with van der Waals surface area (Å²) in [5, 5.41) is 0. The second kappa shape index (κ2) is 5.44. The molecule has 1 nitrogen and oxygen atoms in total. The molecule has 0 spiro atoms. The van der Waals surface area contributed by atoms with Crippen LogP contribution in [0.2, 0.25) is 0 Å². The third-order valence-electron chi connectivity index (χ3n) is 2.24. The maximum atomic E-state index is 13.3. The van der Waals surface area contributed by atoms with E-state index in [4.69, 9.17) is 4.74 Å². The lowest BCUT2D eigenvalue weighted by Crippen LogP contribution is -2.00. The lowest BCUT2D eigenvalue weighted by atomic mass is 10.2. The van der Waals surface area contributed by atoms with Crippen molar-refractivity contribution >= 4 is 22.6 Å². The van der Waals surface area contributed by atoms with Gasteiger partial charge in [0, 0.05) is 9.13 Å². The van der Waals surface area contributed by atoms with Crippen molar-refractivity contribution in [3.63, 3.8) is 0 Å². The summed E-state index contributed by atoms with van der Waals surface area (Å²) in [6.07, 6.45) is 0. The first kappa shape index (κ1) is 12.3. The van der Waals surface area contributed by atoms with Gasteiger partial charge in [-0.05, 0) is 52.9 Å². The molecule has 0 saturated carbocycles. The molecule has 0 atom stereocenters. The largest absolute Gasteiger partial charge is 0.489 e. The van der Waals surface area contributed by atoms with Gasteiger partial charge in [-0.1, -0.05) is 12.1 Å². The Morgan fingerprint density at radius 3 is 2.41 bits per heavy atom. The van der Waals surface area contributed by atoms with Crippen molar-refractivity contribution in [3.05, 3.63) is 63.2 Å². The van der Waals surface area contributed by atoms with Crippen molar-refractivity contribution in [2.45, 2.75) is 6.61 Å². The van der Waals surface area contributed by atoms with Gasteiger partial charge in [0.1, 0.15) is 12.4 Å². The summed E-state index contributed by atoms with van der Waals surface area (Å²) in [4.78, 5) is 0. The first-order chi connectivity index (χ1) is 8.16. The predicted molar refractivity (Wildman–Crippen MR) is 69.8 cm³/mol. The van der Waals surface area contributed by atoms with Crippen LogP contribution in [-0.2, 0) is 6.61 Å². The van der Waals surface area contributed by atoms with Crippen LogP contribution in [0.3, 0.4) is 0 Å². The van der Waals surface area contributed by atoms with Crippen LogP contribution in [0.5, 0.6) is 5.75 Å². The lowest BCUT2D eigenvalue weighted by molar-refractivity contribution is 0.297. The number of rotatable bonds is 3. The van der Waals surface area contributed by atoms with Crippen LogP contribution < -0.4 is 4.74 Å². The van der Waals surface area contributed by atoms with Crippen molar-refractivity contribution in [1.82, 2.24) is 0 Å². The third-order valence-corrected chi connectivity index (χ3v) is 2.96. The van der Waals surface area contributed by atoms with E-state index in [1.807, 2.05) is 12.1 Å². The Hall–Kier alpha value is -1.17. The first-order valence-corrected chi connectivity index (χ1v) is 6.06. The molecular weight excluding hydrogens is 337 g/mol. The fraction of sp³-hybridized carbons (Fsp3) is 0.0769. The molecule has 2 aromatic carbocycles. The molecule has 0 aliphatic carbocycles. The molecule has 0 amide bonds. The molecule has 0 saturated heterocycles. The molecule has 0 aliphatic heterocycles. The van der Waals surface area contributed by atoms with Crippen LogP contribution in [0.4, 0.5) is 8.78 Å². The highest BCUT2D eigenvalue weighted by molar-refractivity contribution is 14.1. The van der Waals surface area contributed by atoms with Gasteiger partial charge in [-0.2, -0.15) is 0 Å². The zero-order valence-corrected chi connectivity index (χ0v) is 10.9. The second-order valence-corrected chi connectivity index (χ2v) is 4.70. The van der Waals surface area contributed by atoms with Gasteiger partial charge in [-0.25, -0.2) is 8.78 Å². The second-order valence-electron chi connectivity index (χ2n) is 3.46. The molecule has 2 rings (SSSR count). The zero-order valence-electron chi connectivity index (χ0n) is 8.79. The monoisotopic (exact) mass is 346 g/mol. The maximum absolute atomic E-state index is 13.3. The maximum Gasteiger partial charge on any atom is 0.165 e. The quantitative estimate of drug-likeness (QED) is 0.759. The fourth-order valence-electron chi connectivity index (χ4n) is 1.35. The van der Waals surface area contributed by atoms with Gasteiger partial charge >= 0.3 is 0 Å². The Balaban J connectivity index is 2.07. The van der Waals surface area contributed by atoms with Gasteiger partial charge < -0.3 is 4.74 Å². The van der Waals surface area contributed by atoms with Crippen molar-refractivity contribution in [2.75, 3.05) is 0 Å². The smallest absolute Gasteiger partial charge is 0.165 e. The number of hydrogen-bond donors (Lipinski definition) is 0. The van der Waals surface area contributed by atoms with Crippen LogP contribution >= 0.6 is 22.6 Å². The van der Waals surface area contributed by atoms with Crippen LogP contribution in [0, 0.1) is 15.2 Å². The third kappa shape index (κ3) is 3.15. The van der Waals surface area contributed by atoms with Crippen LogP contribution in [-0.4, -0.2) is 0 Å². The molecule has 4 heteroatoms. The molecule has 0 fully saturated rings. The van der Waals surface area contributed by atoms with Gasteiger partial charge in [0.25, 0.3) is 0 Å². The average molecular weight is 346 g/mol. The van der Waals surface area contributed by atoms with Gasteiger partial charge in [0.15, 0.2) is 11.6 Å². The van der Waals surface area contributed by atoms with E-state index in [0.717, 1.165) is 9.64 Å². The molecule has 0 aromatic heterocycles. The Bertz CT molecular complexity index is 511. The lowest BCUT2D eigenvalue weighted by Gasteiger charge is -2.07. The highest BCUT2D eigenvalue weighted by Crippen LogP contribution is 2.17. The van der Waals surface area contributed by atoms with E-state index in [1.165, 1.54) is 12.1 Å². The highest BCUT2D eigenvalue weighted by Gasteiger charge is 2.07. The Morgan fingerprint density at radius 1 is 1.00 bits per heavy atom. The molecular formula is C13H9F2IO. The van der Waals surface area contributed by atoms with E-state index in [9.17, 15) is 8.78 Å². The summed E-state index contributed by atoms with van der Waals surface area (Å²) in [6.45, 7) is 0.0180. The van der Waals surface area contributed by atoms with Gasteiger partial charge in [-0.15, -0.1) is 0 Å². The zero-order chi connectivity index (χ0) is 12.3. The topological polar surface area (TPSA) is 9.23 Å². The summed E-state index contributed by atoms with van der Waals surface area (Å²) in [5.74, 6) is -1.07. The van der Waals surface area contributed by atoms with E-state index >= 15 is 0 Å². The Kier molecular flexibility index (Phi) is 3.93. The molecule has 0 radical (unpaired) electrons. The highest BCUT2D eigenvalue weighted by atomic mass is 127. The average Bonchev–Trinajstić information content (AvgIpc) is 2.33. The molecule has 0 aliphatic rings. The minimum atomic E-state index is -0.853.